The molecule has 34 heavy (non-hydrogen) atoms. The number of hydrogen-bond acceptors (Lipinski definition) is 6. The van der Waals surface area contributed by atoms with Crippen molar-refractivity contribution in [3.8, 4) is 0 Å². The van der Waals surface area contributed by atoms with Gasteiger partial charge in [0.15, 0.2) is 5.65 Å². The molecule has 3 heterocycles. The van der Waals surface area contributed by atoms with Gasteiger partial charge in [0.2, 0.25) is 0 Å². The van der Waals surface area contributed by atoms with Gasteiger partial charge >= 0.3 is 6.09 Å². The first kappa shape index (κ1) is 22.4. The maximum absolute atomic E-state index is 13.3. The van der Waals surface area contributed by atoms with E-state index in [2.05, 4.69) is 19.9 Å². The fourth-order valence-corrected chi connectivity index (χ4v) is 5.59. The molecular formula is C24H27N5O4S. The Morgan fingerprint density at radius 3 is 2.50 bits per heavy atom. The van der Waals surface area contributed by atoms with Crippen molar-refractivity contribution in [3.63, 3.8) is 0 Å². The predicted molar refractivity (Wildman–Crippen MR) is 128 cm³/mol. The second-order valence-electron chi connectivity index (χ2n) is 9.78. The second kappa shape index (κ2) is 7.83. The van der Waals surface area contributed by atoms with E-state index in [1.165, 1.54) is 10.2 Å². The molecule has 178 valence electrons. The zero-order valence-electron chi connectivity index (χ0n) is 19.5. The van der Waals surface area contributed by atoms with Crippen molar-refractivity contribution in [1.82, 2.24) is 23.8 Å². The smallest absolute Gasteiger partial charge is 0.407 e. The van der Waals surface area contributed by atoms with Gasteiger partial charge in [-0.3, -0.25) is 0 Å². The van der Waals surface area contributed by atoms with Crippen LogP contribution in [-0.2, 0) is 14.8 Å². The highest BCUT2D eigenvalue weighted by molar-refractivity contribution is 7.90. The first-order valence-electron chi connectivity index (χ1n) is 11.2. The van der Waals surface area contributed by atoms with Crippen LogP contribution in [0.1, 0.15) is 45.2 Å². The van der Waals surface area contributed by atoms with Gasteiger partial charge in [0.05, 0.1) is 22.9 Å². The first-order chi connectivity index (χ1) is 16.0. The number of ether oxygens (including phenoxy) is 1. The van der Waals surface area contributed by atoms with E-state index in [1.54, 1.807) is 42.9 Å². The summed E-state index contributed by atoms with van der Waals surface area (Å²) in [5.41, 5.74) is 2.33. The number of alkyl carbamates (subject to hydrolysis) is 1. The lowest BCUT2D eigenvalue weighted by atomic mass is 9.86. The molecule has 4 aromatic rings. The van der Waals surface area contributed by atoms with E-state index in [9.17, 15) is 13.2 Å². The number of aromatic nitrogens is 4. The molecule has 1 saturated carbocycles. The van der Waals surface area contributed by atoms with E-state index in [0.29, 0.717) is 16.6 Å². The van der Waals surface area contributed by atoms with Crippen LogP contribution in [0, 0.1) is 6.92 Å². The molecule has 10 heteroatoms. The number of pyridine rings is 1. The molecule has 0 saturated heterocycles. The van der Waals surface area contributed by atoms with Crippen molar-refractivity contribution in [1.29, 1.82) is 0 Å². The molecule has 0 bridgehead atoms. The average molecular weight is 482 g/mol. The lowest BCUT2D eigenvalue weighted by molar-refractivity contribution is 0.0457. The first-order valence-corrected chi connectivity index (χ1v) is 12.6. The van der Waals surface area contributed by atoms with E-state index in [4.69, 9.17) is 4.74 Å². The monoisotopic (exact) mass is 481 g/mol. The molecule has 1 fully saturated rings. The summed E-state index contributed by atoms with van der Waals surface area (Å²) in [6.45, 7) is 7.41. The van der Waals surface area contributed by atoms with Gasteiger partial charge in [-0.1, -0.05) is 17.7 Å². The number of carbonyl (C=O) groups excluding carboxylic acids is 1. The van der Waals surface area contributed by atoms with Gasteiger partial charge in [0.1, 0.15) is 11.1 Å². The van der Waals surface area contributed by atoms with E-state index < -0.39 is 21.7 Å². The Labute approximate surface area is 197 Å². The highest BCUT2D eigenvalue weighted by atomic mass is 32.2. The molecule has 1 aliphatic carbocycles. The van der Waals surface area contributed by atoms with Crippen LogP contribution in [-0.4, -0.2) is 44.7 Å². The Hall–Kier alpha value is -3.40. The topological polar surface area (TPSA) is 108 Å². The molecule has 1 N–H and O–H groups in total. The van der Waals surface area contributed by atoms with Gasteiger partial charge in [0, 0.05) is 23.7 Å². The highest BCUT2D eigenvalue weighted by Crippen LogP contribution is 2.37. The SMILES string of the molecule is Cc1ccc(S(=O)(=O)n2ccc3c4c(cnc32)ncn4C2CC(NC(=O)OC(C)(C)C)C2)cc1. The number of fused-ring (bicyclic) bond motifs is 3. The van der Waals surface area contributed by atoms with Crippen molar-refractivity contribution in [2.75, 3.05) is 0 Å². The maximum Gasteiger partial charge on any atom is 0.407 e. The molecule has 1 aliphatic rings. The summed E-state index contributed by atoms with van der Waals surface area (Å²) < 4.78 is 35.2. The fourth-order valence-electron chi connectivity index (χ4n) is 4.29. The fraction of sp³-hybridized carbons (Fsp3) is 0.375. The minimum atomic E-state index is -3.79. The minimum absolute atomic E-state index is 0.0149. The quantitative estimate of drug-likeness (QED) is 0.469. The van der Waals surface area contributed by atoms with Gasteiger partial charge in [-0.25, -0.2) is 27.2 Å². The van der Waals surface area contributed by atoms with Crippen LogP contribution in [0.4, 0.5) is 4.79 Å². The lowest BCUT2D eigenvalue weighted by Gasteiger charge is -2.37. The maximum atomic E-state index is 13.3. The molecule has 5 rings (SSSR count). The molecule has 1 aromatic carbocycles. The Kier molecular flexibility index (Phi) is 5.16. The molecule has 0 spiro atoms. The van der Waals surface area contributed by atoms with E-state index in [0.717, 1.165) is 23.9 Å². The Morgan fingerprint density at radius 1 is 1.12 bits per heavy atom. The zero-order valence-corrected chi connectivity index (χ0v) is 20.3. The largest absolute Gasteiger partial charge is 0.444 e. The lowest BCUT2D eigenvalue weighted by Crippen LogP contribution is -2.46. The Morgan fingerprint density at radius 2 is 1.82 bits per heavy atom. The third-order valence-electron chi connectivity index (χ3n) is 6.02. The van der Waals surface area contributed by atoms with Crippen LogP contribution in [0.2, 0.25) is 0 Å². The number of hydrogen-bond donors (Lipinski definition) is 1. The summed E-state index contributed by atoms with van der Waals surface area (Å²) in [6, 6.07) is 8.67. The number of aryl methyl sites for hydroxylation is 1. The van der Waals surface area contributed by atoms with Gasteiger partial charge in [-0.2, -0.15) is 0 Å². The van der Waals surface area contributed by atoms with Crippen molar-refractivity contribution >= 4 is 38.2 Å². The predicted octanol–water partition coefficient (Wildman–Crippen LogP) is 4.16. The van der Waals surface area contributed by atoms with Crippen molar-refractivity contribution in [3.05, 3.63) is 54.6 Å². The number of nitrogens with zero attached hydrogens (tertiary/aromatic N) is 4. The van der Waals surface area contributed by atoms with Crippen molar-refractivity contribution < 1.29 is 17.9 Å². The normalized spacial score (nSPS) is 18.7. The van der Waals surface area contributed by atoms with Gasteiger partial charge in [-0.15, -0.1) is 0 Å². The van der Waals surface area contributed by atoms with E-state index >= 15 is 0 Å². The number of amides is 1. The highest BCUT2D eigenvalue weighted by Gasteiger charge is 2.34. The molecule has 0 aliphatic heterocycles. The molecule has 1 amide bonds. The summed E-state index contributed by atoms with van der Waals surface area (Å²) in [5.74, 6) is 0. The second-order valence-corrected chi connectivity index (χ2v) is 11.6. The van der Waals surface area contributed by atoms with Crippen LogP contribution >= 0.6 is 0 Å². The molecule has 3 aromatic heterocycles. The van der Waals surface area contributed by atoms with Crippen molar-refractivity contribution in [2.24, 2.45) is 0 Å². The van der Waals surface area contributed by atoms with Gasteiger partial charge in [0.25, 0.3) is 10.0 Å². The summed E-state index contributed by atoms with van der Waals surface area (Å²) >= 11 is 0. The van der Waals surface area contributed by atoms with Crippen LogP contribution < -0.4 is 5.32 Å². The molecule has 0 unspecified atom stereocenters. The van der Waals surface area contributed by atoms with E-state index in [-0.39, 0.29) is 17.0 Å². The zero-order chi connectivity index (χ0) is 24.3. The van der Waals surface area contributed by atoms with Gasteiger partial charge < -0.3 is 14.6 Å². The van der Waals surface area contributed by atoms with Gasteiger partial charge in [-0.05, 0) is 58.7 Å². The minimum Gasteiger partial charge on any atom is -0.444 e. The summed E-state index contributed by atoms with van der Waals surface area (Å²) in [5, 5.41) is 3.62. The number of carbonyl (C=O) groups is 1. The number of rotatable bonds is 4. The summed E-state index contributed by atoms with van der Waals surface area (Å²) in [7, 11) is -3.79. The third-order valence-corrected chi connectivity index (χ3v) is 7.70. The number of nitrogens with one attached hydrogen (secondary N) is 1. The molecule has 0 radical (unpaired) electrons. The molecule has 9 nitrogen and oxygen atoms in total. The van der Waals surface area contributed by atoms with Crippen LogP contribution in [0.3, 0.4) is 0 Å². The summed E-state index contributed by atoms with van der Waals surface area (Å²) in [4.78, 5) is 21.2. The van der Waals surface area contributed by atoms with E-state index in [1.807, 2.05) is 27.7 Å². The van der Waals surface area contributed by atoms with Crippen LogP contribution in [0.5, 0.6) is 0 Å². The third kappa shape index (κ3) is 3.91. The standard InChI is InChI=1S/C24H27N5O4S/c1-15-5-7-18(8-6-15)34(31,32)29-10-9-19-21-20(13-25-22(19)29)26-14-28(21)17-11-16(12-17)27-23(30)33-24(2,3)4/h5-10,13-14,16-17H,11-12H2,1-4H3,(H,27,30). The van der Waals surface area contributed by atoms with Crippen molar-refractivity contribution in [2.45, 2.75) is 63.1 Å². The Balaban J connectivity index is 1.44. The average Bonchev–Trinajstić information content (AvgIpc) is 3.33. The Bertz CT molecular complexity index is 1490. The number of benzene rings is 1. The molecule has 0 atom stereocenters. The summed E-state index contributed by atoms with van der Waals surface area (Å²) in [6.07, 6.45) is 5.94. The molecular weight excluding hydrogens is 454 g/mol. The number of imidazole rings is 1. The van der Waals surface area contributed by atoms with Crippen LogP contribution in [0.25, 0.3) is 22.1 Å². The van der Waals surface area contributed by atoms with Crippen LogP contribution in [0.15, 0.2) is 53.9 Å².